The Balaban J connectivity index is 1.07. The second-order valence-electron chi connectivity index (χ2n) is 17.4. The zero-order valence-electron chi connectivity index (χ0n) is 37.5. The van der Waals surface area contributed by atoms with Crippen LogP contribution in [0.4, 0.5) is 0 Å². The number of nitrogens with zero attached hydrogens (tertiary/aromatic N) is 4. The lowest BCUT2D eigenvalue weighted by atomic mass is 9.92. The molecular formula is C64H42N4O. The average molecular weight is 883 g/mol. The molecule has 3 heterocycles. The molecule has 0 N–H and O–H groups in total. The third-order valence-corrected chi connectivity index (χ3v) is 13.3. The SMILES string of the molecule is C=C(N=C(N=Cc1ccccc1)c1ccccc1)c1cc(-c2ccccc2)c(-n2c3ccccc3c3c4oc5cc6c(cc5c4ccc32)c2ccccc2n6-c2ccccc2)c(-c2ccccc2)c1. The van der Waals surface area contributed by atoms with Crippen molar-refractivity contribution >= 4 is 83.3 Å². The first-order chi connectivity index (χ1) is 34.2. The van der Waals surface area contributed by atoms with Crippen molar-refractivity contribution < 1.29 is 4.42 Å². The maximum Gasteiger partial charge on any atom is 0.159 e. The first kappa shape index (κ1) is 40.0. The van der Waals surface area contributed by atoms with Gasteiger partial charge in [0, 0.05) is 67.2 Å². The summed E-state index contributed by atoms with van der Waals surface area (Å²) in [7, 11) is 0. The number of para-hydroxylation sites is 3. The van der Waals surface area contributed by atoms with Gasteiger partial charge in [0.1, 0.15) is 11.2 Å². The van der Waals surface area contributed by atoms with Crippen LogP contribution in [0.25, 0.3) is 105 Å². The van der Waals surface area contributed by atoms with Crippen molar-refractivity contribution in [3.63, 3.8) is 0 Å². The Bertz CT molecular complexity index is 4100. The Kier molecular flexibility index (Phi) is 9.58. The average Bonchev–Trinajstić information content (AvgIpc) is 4.07. The van der Waals surface area contributed by atoms with Crippen molar-refractivity contribution in [1.82, 2.24) is 9.13 Å². The van der Waals surface area contributed by atoms with Gasteiger partial charge in [0.2, 0.25) is 0 Å². The van der Waals surface area contributed by atoms with Gasteiger partial charge < -0.3 is 13.6 Å². The van der Waals surface area contributed by atoms with Crippen LogP contribution in [0.2, 0.25) is 0 Å². The maximum atomic E-state index is 7.16. The highest BCUT2D eigenvalue weighted by Crippen LogP contribution is 2.47. The second-order valence-corrected chi connectivity index (χ2v) is 17.4. The van der Waals surface area contributed by atoms with Gasteiger partial charge in [0.05, 0.1) is 38.8 Å². The van der Waals surface area contributed by atoms with Gasteiger partial charge in [-0.1, -0.05) is 183 Å². The fourth-order valence-electron chi connectivity index (χ4n) is 10.2. The van der Waals surface area contributed by atoms with Crippen molar-refractivity contribution in [2.24, 2.45) is 9.98 Å². The van der Waals surface area contributed by atoms with Gasteiger partial charge in [-0.2, -0.15) is 0 Å². The molecule has 0 unspecified atom stereocenters. The molecule has 0 aliphatic heterocycles. The Morgan fingerprint density at radius 1 is 0.435 bits per heavy atom. The van der Waals surface area contributed by atoms with Crippen LogP contribution >= 0.6 is 0 Å². The molecule has 0 bridgehead atoms. The molecule has 10 aromatic carbocycles. The van der Waals surface area contributed by atoms with E-state index in [1.807, 2.05) is 66.9 Å². The topological polar surface area (TPSA) is 47.7 Å². The molecule has 5 nitrogen and oxygen atoms in total. The zero-order valence-corrected chi connectivity index (χ0v) is 37.5. The highest BCUT2D eigenvalue weighted by molar-refractivity contribution is 6.26. The molecule has 324 valence electrons. The summed E-state index contributed by atoms with van der Waals surface area (Å²) in [6.07, 6.45) is 1.86. The number of rotatable bonds is 8. The van der Waals surface area contributed by atoms with Gasteiger partial charge in [0.25, 0.3) is 0 Å². The molecule has 0 amide bonds. The van der Waals surface area contributed by atoms with Crippen LogP contribution in [0, 0.1) is 0 Å². The third-order valence-electron chi connectivity index (χ3n) is 13.3. The first-order valence-corrected chi connectivity index (χ1v) is 23.2. The maximum absolute atomic E-state index is 7.16. The van der Waals surface area contributed by atoms with Gasteiger partial charge in [-0.05, 0) is 71.3 Å². The molecule has 0 saturated carbocycles. The molecule has 0 saturated heterocycles. The lowest BCUT2D eigenvalue weighted by molar-refractivity contribution is 0.673. The van der Waals surface area contributed by atoms with Crippen molar-refractivity contribution in [2.75, 3.05) is 0 Å². The van der Waals surface area contributed by atoms with E-state index in [1.165, 1.54) is 16.3 Å². The molecule has 0 spiro atoms. The third kappa shape index (κ3) is 6.79. The van der Waals surface area contributed by atoms with Crippen molar-refractivity contribution in [3.8, 4) is 33.6 Å². The molecule has 3 aromatic heterocycles. The quantitative estimate of drug-likeness (QED) is 0.111. The van der Waals surface area contributed by atoms with Gasteiger partial charge in [-0.15, -0.1) is 0 Å². The fraction of sp³-hybridized carbons (Fsp3) is 0. The summed E-state index contributed by atoms with van der Waals surface area (Å²) in [5.74, 6) is 0.579. The lowest BCUT2D eigenvalue weighted by Gasteiger charge is -2.21. The number of benzene rings is 10. The predicted octanol–water partition coefficient (Wildman–Crippen LogP) is 16.7. The number of hydrogen-bond donors (Lipinski definition) is 0. The van der Waals surface area contributed by atoms with E-state index in [9.17, 15) is 0 Å². The van der Waals surface area contributed by atoms with E-state index in [1.54, 1.807) is 0 Å². The largest absolute Gasteiger partial charge is 0.455 e. The van der Waals surface area contributed by atoms with E-state index < -0.39 is 0 Å². The molecule has 0 atom stereocenters. The standard InChI is InChI=1S/C64H42N4O/c1-42(66-64(46-27-13-5-14-28-46)65-41-43-21-7-2-8-22-43)47-37-52(44-23-9-3-10-24-44)62(53(38-47)45-25-11-4-12-26-45)68-57-34-20-18-32-51(57)61-58(68)36-35-50-55-39-54-49-31-17-19-33-56(49)67(48-29-15-6-16-30-48)59(54)40-60(55)69-63(50)61/h2-41H,1H2. The van der Waals surface area contributed by atoms with Crippen molar-refractivity contribution in [1.29, 1.82) is 0 Å². The molecule has 0 aliphatic carbocycles. The normalized spacial score (nSPS) is 12.1. The molecule has 0 aliphatic rings. The lowest BCUT2D eigenvalue weighted by Crippen LogP contribution is -2.03. The van der Waals surface area contributed by atoms with Crippen molar-refractivity contribution in [3.05, 3.63) is 260 Å². The molecular weight excluding hydrogens is 841 g/mol. The first-order valence-electron chi connectivity index (χ1n) is 23.2. The Morgan fingerprint density at radius 3 is 1.67 bits per heavy atom. The van der Waals surface area contributed by atoms with E-state index in [2.05, 4.69) is 192 Å². The van der Waals surface area contributed by atoms with Gasteiger partial charge >= 0.3 is 0 Å². The highest BCUT2D eigenvalue weighted by Gasteiger charge is 2.25. The summed E-state index contributed by atoms with van der Waals surface area (Å²) in [5, 5.41) is 6.75. The Morgan fingerprint density at radius 2 is 1.00 bits per heavy atom. The number of hydrogen-bond acceptors (Lipinski definition) is 2. The van der Waals surface area contributed by atoms with E-state index in [0.717, 1.165) is 99.6 Å². The molecule has 5 heteroatoms. The van der Waals surface area contributed by atoms with E-state index in [0.29, 0.717) is 11.5 Å². The number of fused-ring (bicyclic) bond motifs is 10. The summed E-state index contributed by atoms with van der Waals surface area (Å²) < 4.78 is 11.9. The molecule has 0 fully saturated rings. The van der Waals surface area contributed by atoms with Crippen LogP contribution in [0.5, 0.6) is 0 Å². The van der Waals surface area contributed by atoms with Crippen LogP contribution in [0.15, 0.2) is 258 Å². The Labute approximate surface area is 398 Å². The Hall–Kier alpha value is -9.32. The smallest absolute Gasteiger partial charge is 0.159 e. The van der Waals surface area contributed by atoms with Crippen LogP contribution in [-0.4, -0.2) is 21.2 Å². The summed E-state index contributed by atoms with van der Waals surface area (Å²) >= 11 is 0. The minimum atomic E-state index is 0.579. The zero-order chi connectivity index (χ0) is 45.8. The minimum Gasteiger partial charge on any atom is -0.455 e. The number of amidine groups is 1. The van der Waals surface area contributed by atoms with Gasteiger partial charge in [0.15, 0.2) is 5.84 Å². The summed E-state index contributed by atoms with van der Waals surface area (Å²) in [6.45, 7) is 4.64. The van der Waals surface area contributed by atoms with Crippen LogP contribution in [-0.2, 0) is 0 Å². The van der Waals surface area contributed by atoms with Gasteiger partial charge in [-0.3, -0.25) is 0 Å². The number of aliphatic imine (C=N–C) groups is 2. The van der Waals surface area contributed by atoms with E-state index in [-0.39, 0.29) is 0 Å². The number of furan rings is 1. The summed E-state index contributed by atoms with van der Waals surface area (Å²) in [6, 6.07) is 83.0. The van der Waals surface area contributed by atoms with Crippen molar-refractivity contribution in [2.45, 2.75) is 0 Å². The van der Waals surface area contributed by atoms with Gasteiger partial charge in [-0.25, -0.2) is 9.98 Å². The monoisotopic (exact) mass is 882 g/mol. The predicted molar refractivity (Wildman–Crippen MR) is 289 cm³/mol. The molecule has 13 aromatic rings. The van der Waals surface area contributed by atoms with Crippen LogP contribution in [0.1, 0.15) is 16.7 Å². The minimum absolute atomic E-state index is 0.579. The fourth-order valence-corrected chi connectivity index (χ4v) is 10.2. The van der Waals surface area contributed by atoms with Crippen LogP contribution in [0.3, 0.4) is 0 Å². The summed E-state index contributed by atoms with van der Waals surface area (Å²) in [5.41, 5.74) is 15.9. The molecule has 69 heavy (non-hydrogen) atoms. The second kappa shape index (κ2) is 16.5. The highest BCUT2D eigenvalue weighted by atomic mass is 16.3. The number of aromatic nitrogens is 2. The van der Waals surface area contributed by atoms with E-state index >= 15 is 0 Å². The summed E-state index contributed by atoms with van der Waals surface area (Å²) in [4.78, 5) is 10.2. The molecule has 0 radical (unpaired) electrons. The van der Waals surface area contributed by atoms with Crippen LogP contribution < -0.4 is 0 Å². The van der Waals surface area contributed by atoms with E-state index in [4.69, 9.17) is 14.4 Å². The molecule has 13 rings (SSSR count).